The van der Waals surface area contributed by atoms with Crippen molar-refractivity contribution in [3.63, 3.8) is 0 Å². The number of benzene rings is 3. The summed E-state index contributed by atoms with van der Waals surface area (Å²) in [5.41, 5.74) is 5.02. The van der Waals surface area contributed by atoms with Gasteiger partial charge in [-0.2, -0.15) is 4.98 Å². The van der Waals surface area contributed by atoms with Gasteiger partial charge < -0.3 is 35.5 Å². The third kappa shape index (κ3) is 10.7. The molecule has 1 atom stereocenters. The molecule has 18 heteroatoms. The second-order valence-corrected chi connectivity index (χ2v) is 20.2. The normalized spacial score (nSPS) is 15.9. The van der Waals surface area contributed by atoms with Crippen molar-refractivity contribution in [2.45, 2.75) is 64.3 Å². The van der Waals surface area contributed by atoms with E-state index in [4.69, 9.17) is 9.72 Å². The summed E-state index contributed by atoms with van der Waals surface area (Å²) < 4.78 is 50.0. The lowest BCUT2D eigenvalue weighted by Gasteiger charge is -2.35. The van der Waals surface area contributed by atoms with Crippen molar-refractivity contribution in [3.05, 3.63) is 93.2 Å². The number of anilines is 5. The molecule has 2 aliphatic rings. The molecule has 3 aromatic carbocycles. The molecule has 7 rings (SSSR count). The molecule has 2 aliphatic heterocycles. The van der Waals surface area contributed by atoms with E-state index in [2.05, 4.69) is 70.4 Å². The SMILES string of the molecule is CCc1cc(Nc2ncc(Br)c(Nc3ccc4nc(C)ccc4c3P(C)(C)=O)n2)c(OC)cc1N1CCC(NCCNC(=O)Cc2cc(F)c([C@H]3CCC(=O)NC3=O)c(F)c2)CC1. The van der Waals surface area contributed by atoms with Crippen LogP contribution in [0.25, 0.3) is 10.9 Å². The van der Waals surface area contributed by atoms with Gasteiger partial charge in [0.15, 0.2) is 0 Å². The number of hydrogen-bond donors (Lipinski definition) is 5. The fourth-order valence-corrected chi connectivity index (χ4v) is 10.1. The average Bonchev–Trinajstić information content (AvgIpc) is 3.23. The topological polar surface area (TPSA) is 180 Å². The van der Waals surface area contributed by atoms with Gasteiger partial charge in [0.1, 0.15) is 30.3 Å². The van der Waals surface area contributed by atoms with Gasteiger partial charge in [-0.3, -0.25) is 24.7 Å². The van der Waals surface area contributed by atoms with Gasteiger partial charge in [-0.15, -0.1) is 0 Å². The number of ether oxygens (including phenoxy) is 1. The number of pyridine rings is 1. The molecule has 4 heterocycles. The van der Waals surface area contributed by atoms with Crippen molar-refractivity contribution < 1.29 is 32.5 Å². The second-order valence-electron chi connectivity index (χ2n) is 16.2. The Bertz CT molecular complexity index is 2600. The predicted molar refractivity (Wildman–Crippen MR) is 246 cm³/mol. The maximum atomic E-state index is 14.9. The summed E-state index contributed by atoms with van der Waals surface area (Å²) in [6, 6.07) is 14.2. The van der Waals surface area contributed by atoms with Crippen LogP contribution in [0, 0.1) is 18.6 Å². The van der Waals surface area contributed by atoms with Crippen molar-refractivity contribution in [1.29, 1.82) is 0 Å². The molecule has 332 valence electrons. The van der Waals surface area contributed by atoms with Crippen molar-refractivity contribution in [2.75, 3.05) is 62.2 Å². The highest BCUT2D eigenvalue weighted by Gasteiger charge is 2.33. The monoisotopic (exact) mass is 945 g/mol. The number of methoxy groups -OCH3 is 1. The third-order valence-corrected chi connectivity index (χ3v) is 13.5. The largest absolute Gasteiger partial charge is 0.494 e. The molecule has 2 saturated heterocycles. The van der Waals surface area contributed by atoms with E-state index in [0.29, 0.717) is 51.8 Å². The first kappa shape index (κ1) is 45.5. The Morgan fingerprint density at radius 3 is 2.41 bits per heavy atom. The first-order valence-electron chi connectivity index (χ1n) is 20.9. The van der Waals surface area contributed by atoms with E-state index in [9.17, 15) is 27.7 Å². The Kier molecular flexibility index (Phi) is 14.1. The molecule has 2 fully saturated rings. The number of carbonyl (C=O) groups excluding carboxylic acids is 3. The molecule has 0 spiro atoms. The quantitative estimate of drug-likeness (QED) is 0.0409. The zero-order valence-corrected chi connectivity index (χ0v) is 38.3. The molecule has 3 amide bonds. The van der Waals surface area contributed by atoms with Crippen molar-refractivity contribution in [1.82, 2.24) is 30.9 Å². The van der Waals surface area contributed by atoms with Gasteiger partial charge in [0, 0.05) is 78.5 Å². The van der Waals surface area contributed by atoms with Crippen LogP contribution in [0.5, 0.6) is 5.75 Å². The smallest absolute Gasteiger partial charge is 0.234 e. The lowest BCUT2D eigenvalue weighted by molar-refractivity contribution is -0.134. The molecule has 0 aliphatic carbocycles. The standard InChI is InChI=1S/C45H51BrF2N9O5P/c1-6-27-22-36(54-45-51-24-31(46)43(56-45)53-35-11-10-34-29(8-7-25(2)52-34)42(35)63(4,5)61)38(62-3)23-37(27)57-17-13-28(14-18-57)49-15-16-50-40(59)21-26-19-32(47)41(33(48)20-26)30-9-12-39(58)55-44(30)60/h7-8,10-11,19-20,22-24,28,30,49H,6,9,12-18,21H2,1-5H3,(H,50,59)(H,55,58,60)(H2,51,53,54,56)/t30-/m1/s1. The molecule has 63 heavy (non-hydrogen) atoms. The molecule has 14 nitrogen and oxygen atoms in total. The minimum atomic E-state index is -2.75. The maximum absolute atomic E-state index is 14.9. The van der Waals surface area contributed by atoms with E-state index in [1.165, 1.54) is 0 Å². The number of rotatable bonds is 15. The van der Waals surface area contributed by atoms with Gasteiger partial charge in [-0.1, -0.05) is 13.0 Å². The predicted octanol–water partition coefficient (Wildman–Crippen LogP) is 7.12. The van der Waals surface area contributed by atoms with Crippen molar-refractivity contribution in [2.24, 2.45) is 0 Å². The number of aryl methyl sites for hydroxylation is 2. The van der Waals surface area contributed by atoms with Gasteiger partial charge in [0.2, 0.25) is 23.7 Å². The minimum Gasteiger partial charge on any atom is -0.494 e. The fourth-order valence-electron chi connectivity index (χ4n) is 8.28. The summed E-state index contributed by atoms with van der Waals surface area (Å²) in [5, 5.41) is 16.7. The first-order chi connectivity index (χ1) is 30.1. The Hall–Kier alpha value is -5.51. The van der Waals surface area contributed by atoms with Crippen LogP contribution in [0.2, 0.25) is 0 Å². The van der Waals surface area contributed by atoms with Crippen LogP contribution in [-0.2, 0) is 31.8 Å². The summed E-state index contributed by atoms with van der Waals surface area (Å²) in [5.74, 6) is -3.03. The third-order valence-electron chi connectivity index (χ3n) is 11.4. The Morgan fingerprint density at radius 2 is 1.73 bits per heavy atom. The number of carbonyl (C=O) groups is 3. The number of amides is 3. The molecule has 5 aromatic rings. The van der Waals surface area contributed by atoms with Crippen LogP contribution in [0.1, 0.15) is 60.9 Å². The summed E-state index contributed by atoms with van der Waals surface area (Å²) in [6.07, 6.45) is 3.99. The van der Waals surface area contributed by atoms with Crippen LogP contribution in [0.4, 0.5) is 37.6 Å². The summed E-state index contributed by atoms with van der Waals surface area (Å²) in [6.45, 7) is 10.0. The zero-order valence-electron chi connectivity index (χ0n) is 35.8. The summed E-state index contributed by atoms with van der Waals surface area (Å²) in [7, 11) is -1.12. The molecule has 0 bridgehead atoms. The highest BCUT2D eigenvalue weighted by Crippen LogP contribution is 2.42. The lowest BCUT2D eigenvalue weighted by Crippen LogP contribution is -2.45. The highest BCUT2D eigenvalue weighted by atomic mass is 79.9. The van der Waals surface area contributed by atoms with Crippen LogP contribution in [-0.4, -0.2) is 85.3 Å². The van der Waals surface area contributed by atoms with E-state index < -0.39 is 36.5 Å². The fraction of sp³-hybridized carbons (Fsp3) is 0.378. The number of nitrogens with one attached hydrogen (secondary N) is 5. The number of imide groups is 1. The number of halogens is 3. The average molecular weight is 947 g/mol. The molecule has 0 unspecified atom stereocenters. The zero-order chi connectivity index (χ0) is 45.0. The van der Waals surface area contributed by atoms with Gasteiger partial charge in [-0.05, 0) is 109 Å². The minimum absolute atomic E-state index is 0.000598. The molecular weight excluding hydrogens is 895 g/mol. The van der Waals surface area contributed by atoms with E-state index in [1.54, 1.807) is 26.6 Å². The van der Waals surface area contributed by atoms with Gasteiger partial charge in [0.05, 0.1) is 40.8 Å². The number of nitrogens with zero attached hydrogens (tertiary/aromatic N) is 4. The first-order valence-corrected chi connectivity index (χ1v) is 24.3. The number of piperidine rings is 2. The molecule has 5 N–H and O–H groups in total. The van der Waals surface area contributed by atoms with Gasteiger partial charge in [0.25, 0.3) is 0 Å². The Labute approximate surface area is 373 Å². The maximum Gasteiger partial charge on any atom is 0.234 e. The van der Waals surface area contributed by atoms with Crippen LogP contribution >= 0.6 is 23.1 Å². The van der Waals surface area contributed by atoms with E-state index in [1.807, 2.05) is 37.3 Å². The molecular formula is C45H51BrF2N9O5P. The molecule has 0 saturated carbocycles. The number of fused-ring (bicyclic) bond motifs is 1. The number of aromatic nitrogens is 3. The van der Waals surface area contributed by atoms with E-state index >= 15 is 0 Å². The van der Waals surface area contributed by atoms with Crippen LogP contribution in [0.15, 0.2) is 59.2 Å². The lowest BCUT2D eigenvalue weighted by atomic mass is 9.89. The Balaban J connectivity index is 0.932. The second kappa shape index (κ2) is 19.5. The van der Waals surface area contributed by atoms with Crippen molar-refractivity contribution >= 4 is 85.8 Å². The highest BCUT2D eigenvalue weighted by molar-refractivity contribution is 9.10. The van der Waals surface area contributed by atoms with Gasteiger partial charge in [-0.25, -0.2) is 13.8 Å². The summed E-state index contributed by atoms with van der Waals surface area (Å²) >= 11 is 3.58. The number of hydrogen-bond acceptors (Lipinski definition) is 12. The molecule has 0 radical (unpaired) electrons. The van der Waals surface area contributed by atoms with E-state index in [0.717, 1.165) is 72.3 Å². The van der Waals surface area contributed by atoms with Crippen molar-refractivity contribution in [3.8, 4) is 5.75 Å². The Morgan fingerprint density at radius 1 is 0.984 bits per heavy atom. The van der Waals surface area contributed by atoms with Gasteiger partial charge >= 0.3 is 0 Å². The van der Waals surface area contributed by atoms with Crippen LogP contribution in [0.3, 0.4) is 0 Å². The van der Waals surface area contributed by atoms with E-state index in [-0.39, 0.29) is 42.3 Å². The summed E-state index contributed by atoms with van der Waals surface area (Å²) in [4.78, 5) is 52.6. The van der Waals surface area contributed by atoms with Crippen LogP contribution < -0.4 is 41.5 Å². The molecule has 2 aromatic heterocycles.